The number of aromatic hydroxyl groups is 1. The zero-order valence-electron chi connectivity index (χ0n) is 16.3. The van der Waals surface area contributed by atoms with Gasteiger partial charge in [0.15, 0.2) is 6.29 Å². The fourth-order valence-corrected chi connectivity index (χ4v) is 3.15. The van der Waals surface area contributed by atoms with Crippen LogP contribution in [0.5, 0.6) is 11.5 Å². The molecule has 1 aromatic carbocycles. The van der Waals surface area contributed by atoms with Crippen LogP contribution in [0, 0.1) is 6.92 Å². The van der Waals surface area contributed by atoms with E-state index < -0.39 is 5.63 Å². The van der Waals surface area contributed by atoms with Gasteiger partial charge < -0.3 is 28.6 Å². The lowest BCUT2D eigenvalue weighted by Crippen LogP contribution is -2.25. The Bertz CT molecular complexity index is 913. The summed E-state index contributed by atoms with van der Waals surface area (Å²) in [5.41, 5.74) is 0.223. The Morgan fingerprint density at radius 2 is 2.18 bits per heavy atom. The van der Waals surface area contributed by atoms with Crippen molar-refractivity contribution >= 4 is 16.7 Å². The monoisotopic (exact) mass is 391 g/mol. The largest absolute Gasteiger partial charge is 0.506 e. The third kappa shape index (κ3) is 4.13. The van der Waals surface area contributed by atoms with Gasteiger partial charge >= 0.3 is 5.63 Å². The molecular formula is C20H25NO7. The van der Waals surface area contributed by atoms with Crippen molar-refractivity contribution in [3.63, 3.8) is 0 Å². The molecule has 0 amide bonds. The van der Waals surface area contributed by atoms with Gasteiger partial charge in [-0.2, -0.15) is 0 Å². The summed E-state index contributed by atoms with van der Waals surface area (Å²) < 4.78 is 22.3. The van der Waals surface area contributed by atoms with E-state index in [1.54, 1.807) is 19.1 Å². The van der Waals surface area contributed by atoms with Gasteiger partial charge in [0, 0.05) is 18.6 Å². The molecule has 1 N–H and O–H groups in total. The van der Waals surface area contributed by atoms with Crippen LogP contribution in [0.4, 0.5) is 0 Å². The Balaban J connectivity index is 2.03. The fourth-order valence-electron chi connectivity index (χ4n) is 3.15. The normalized spacial score (nSPS) is 17.7. The van der Waals surface area contributed by atoms with E-state index in [0.29, 0.717) is 29.9 Å². The van der Waals surface area contributed by atoms with Gasteiger partial charge in [-0.3, -0.25) is 0 Å². The number of hydrogen-bond donors (Lipinski definition) is 1. The van der Waals surface area contributed by atoms with E-state index in [0.717, 1.165) is 19.3 Å². The molecule has 2 aromatic rings. The quantitative estimate of drug-likeness (QED) is 0.440. The minimum absolute atomic E-state index is 0.00730. The molecule has 0 aliphatic carbocycles. The summed E-state index contributed by atoms with van der Waals surface area (Å²) in [6, 6.07) is 3.38. The van der Waals surface area contributed by atoms with Crippen LogP contribution in [0.15, 0.2) is 26.5 Å². The van der Waals surface area contributed by atoms with Gasteiger partial charge in [-0.05, 0) is 38.8 Å². The molecule has 8 heteroatoms. The number of rotatable bonds is 7. The highest BCUT2D eigenvalue weighted by atomic mass is 16.7. The van der Waals surface area contributed by atoms with Crippen molar-refractivity contribution < 1.29 is 28.6 Å². The topological polar surface area (TPSA) is 99.7 Å². The number of nitrogens with zero attached hydrogens (tertiary/aromatic N) is 1. The van der Waals surface area contributed by atoms with E-state index in [4.69, 9.17) is 23.5 Å². The molecule has 1 atom stereocenters. The first-order valence-electron chi connectivity index (χ1n) is 9.32. The van der Waals surface area contributed by atoms with Gasteiger partial charge in [0.1, 0.15) is 35.5 Å². The molecule has 2 heterocycles. The summed E-state index contributed by atoms with van der Waals surface area (Å²) >= 11 is 0. The third-order valence-electron chi connectivity index (χ3n) is 4.58. The Morgan fingerprint density at radius 1 is 1.36 bits per heavy atom. The number of hydrogen-bond acceptors (Lipinski definition) is 8. The predicted octanol–water partition coefficient (Wildman–Crippen LogP) is 3.10. The first-order chi connectivity index (χ1) is 13.6. The average Bonchev–Trinajstić information content (AvgIpc) is 2.69. The Hall–Kier alpha value is -2.58. The molecule has 0 radical (unpaired) electrons. The standard InChI is InChI=1S/C20H25NO7/c1-4-25-11-14(21-24-3)17-18(22)13-8-9-15(12(2)19(13)28-20(17)23)27-16-7-5-6-10-26-16/h8-9,16,22H,4-7,10-11H2,1-3H3. The third-order valence-corrected chi connectivity index (χ3v) is 4.58. The molecule has 1 saturated heterocycles. The number of ether oxygens (including phenoxy) is 3. The lowest BCUT2D eigenvalue weighted by Gasteiger charge is -2.24. The van der Waals surface area contributed by atoms with E-state index in [-0.39, 0.29) is 35.5 Å². The first kappa shape index (κ1) is 20.2. The summed E-state index contributed by atoms with van der Waals surface area (Å²) in [6.45, 7) is 4.68. The van der Waals surface area contributed by atoms with Gasteiger partial charge in [-0.15, -0.1) is 0 Å². The smallest absolute Gasteiger partial charge is 0.349 e. The van der Waals surface area contributed by atoms with E-state index in [1.165, 1.54) is 7.11 Å². The van der Waals surface area contributed by atoms with Crippen LogP contribution < -0.4 is 10.4 Å². The lowest BCUT2D eigenvalue weighted by molar-refractivity contribution is -0.106. The van der Waals surface area contributed by atoms with Crippen LogP contribution in [0.3, 0.4) is 0 Å². The van der Waals surface area contributed by atoms with Crippen LogP contribution in [0.1, 0.15) is 37.3 Å². The highest BCUT2D eigenvalue weighted by molar-refractivity contribution is 6.06. The summed E-state index contributed by atoms with van der Waals surface area (Å²) in [4.78, 5) is 17.4. The molecule has 1 aromatic heterocycles. The summed E-state index contributed by atoms with van der Waals surface area (Å²) in [5.74, 6) is 0.320. The molecule has 3 rings (SSSR count). The minimum Gasteiger partial charge on any atom is -0.506 e. The maximum Gasteiger partial charge on any atom is 0.349 e. The van der Waals surface area contributed by atoms with Crippen LogP contribution in [0.25, 0.3) is 11.0 Å². The fraction of sp³-hybridized carbons (Fsp3) is 0.500. The molecular weight excluding hydrogens is 366 g/mol. The minimum atomic E-state index is -0.727. The summed E-state index contributed by atoms with van der Waals surface area (Å²) in [5, 5.41) is 14.9. The molecule has 8 nitrogen and oxygen atoms in total. The molecule has 1 aliphatic rings. The van der Waals surface area contributed by atoms with Gasteiger partial charge in [0.05, 0.1) is 18.6 Å². The maximum atomic E-state index is 12.6. The van der Waals surface area contributed by atoms with E-state index in [1.807, 2.05) is 6.92 Å². The number of benzene rings is 1. The van der Waals surface area contributed by atoms with Crippen molar-refractivity contribution in [3.05, 3.63) is 33.7 Å². The maximum absolute atomic E-state index is 12.6. The average molecular weight is 391 g/mol. The zero-order valence-corrected chi connectivity index (χ0v) is 16.3. The highest BCUT2D eigenvalue weighted by Crippen LogP contribution is 2.34. The van der Waals surface area contributed by atoms with Crippen molar-refractivity contribution in [1.29, 1.82) is 0 Å². The highest BCUT2D eigenvalue weighted by Gasteiger charge is 2.23. The number of fused-ring (bicyclic) bond motifs is 1. The van der Waals surface area contributed by atoms with E-state index in [9.17, 15) is 9.90 Å². The lowest BCUT2D eigenvalue weighted by atomic mass is 10.1. The first-order valence-corrected chi connectivity index (χ1v) is 9.32. The summed E-state index contributed by atoms with van der Waals surface area (Å²) in [7, 11) is 1.35. The van der Waals surface area contributed by atoms with Gasteiger partial charge in [-0.1, -0.05) is 5.16 Å². The second-order valence-electron chi connectivity index (χ2n) is 6.45. The molecule has 0 saturated carbocycles. The second kappa shape index (κ2) is 9.07. The van der Waals surface area contributed by atoms with Crippen LogP contribution in [0.2, 0.25) is 0 Å². The molecule has 152 valence electrons. The SMILES string of the molecule is CCOCC(=NOC)c1c(O)c2ccc(OC3CCCCO3)c(C)c2oc1=O. The molecule has 0 bridgehead atoms. The molecule has 1 fully saturated rings. The molecule has 1 aliphatic heterocycles. The van der Waals surface area contributed by atoms with Crippen LogP contribution in [-0.4, -0.2) is 44.0 Å². The van der Waals surface area contributed by atoms with Crippen LogP contribution >= 0.6 is 0 Å². The Labute approximate surface area is 162 Å². The number of oxime groups is 1. The molecule has 28 heavy (non-hydrogen) atoms. The van der Waals surface area contributed by atoms with E-state index >= 15 is 0 Å². The summed E-state index contributed by atoms with van der Waals surface area (Å²) in [6.07, 6.45) is 2.55. The molecule has 0 spiro atoms. The van der Waals surface area contributed by atoms with Crippen LogP contribution in [-0.2, 0) is 14.3 Å². The molecule has 1 unspecified atom stereocenters. The van der Waals surface area contributed by atoms with Crippen molar-refractivity contribution in [2.75, 3.05) is 26.9 Å². The Kier molecular flexibility index (Phi) is 6.53. The van der Waals surface area contributed by atoms with Gasteiger partial charge in [-0.25, -0.2) is 4.79 Å². The van der Waals surface area contributed by atoms with Gasteiger partial charge in [0.25, 0.3) is 0 Å². The zero-order chi connectivity index (χ0) is 20.1. The Morgan fingerprint density at radius 3 is 2.86 bits per heavy atom. The van der Waals surface area contributed by atoms with Gasteiger partial charge in [0.2, 0.25) is 0 Å². The predicted molar refractivity (Wildman–Crippen MR) is 103 cm³/mol. The van der Waals surface area contributed by atoms with E-state index in [2.05, 4.69) is 5.16 Å². The van der Waals surface area contributed by atoms with Crippen molar-refractivity contribution in [3.8, 4) is 11.5 Å². The van der Waals surface area contributed by atoms with Crippen molar-refractivity contribution in [2.45, 2.75) is 39.4 Å². The number of aryl methyl sites for hydroxylation is 1. The second-order valence-corrected chi connectivity index (χ2v) is 6.45. The van der Waals surface area contributed by atoms with Crippen molar-refractivity contribution in [1.82, 2.24) is 0 Å². The van der Waals surface area contributed by atoms with Crippen molar-refractivity contribution in [2.24, 2.45) is 5.16 Å².